The summed E-state index contributed by atoms with van der Waals surface area (Å²) < 4.78 is 95.5. The number of phenolic OH excluding ortho intramolecular Hbond substituents is 2. The molecule has 0 fully saturated rings. The number of anilines is 2. The van der Waals surface area contributed by atoms with Gasteiger partial charge in [-0.25, -0.2) is 0 Å². The molecule has 0 radical (unpaired) electrons. The van der Waals surface area contributed by atoms with E-state index in [4.69, 9.17) is 4.74 Å². The molecule has 0 unspecified atom stereocenters. The second-order valence-corrected chi connectivity index (χ2v) is 13.8. The van der Waals surface area contributed by atoms with Gasteiger partial charge >= 0.3 is 12.4 Å². The van der Waals surface area contributed by atoms with E-state index in [1.54, 1.807) is 59.7 Å². The van der Waals surface area contributed by atoms with Gasteiger partial charge in [0.05, 0.1) is 11.4 Å². The Morgan fingerprint density at radius 2 is 1.08 bits per heavy atom. The first-order valence-corrected chi connectivity index (χ1v) is 15.3. The lowest BCUT2D eigenvalue weighted by Crippen LogP contribution is -2.54. The summed E-state index contributed by atoms with van der Waals surface area (Å²) in [7, 11) is 0. The van der Waals surface area contributed by atoms with Gasteiger partial charge in [-0.15, -0.1) is 0 Å². The van der Waals surface area contributed by atoms with E-state index in [1.807, 2.05) is 0 Å². The summed E-state index contributed by atoms with van der Waals surface area (Å²) in [5.41, 5.74) is -9.56. The molecular weight excluding hydrogens is 666 g/mol. The molecule has 0 aromatic heterocycles. The third-order valence-electron chi connectivity index (χ3n) is 7.58. The van der Waals surface area contributed by atoms with Crippen molar-refractivity contribution in [2.24, 2.45) is 5.41 Å². The zero-order chi connectivity index (χ0) is 37.4. The van der Waals surface area contributed by atoms with E-state index < -0.39 is 62.9 Å². The van der Waals surface area contributed by atoms with Crippen LogP contribution in [0.1, 0.15) is 73.4 Å². The quantitative estimate of drug-likeness (QED) is 0.0827. The minimum atomic E-state index is -5.99. The van der Waals surface area contributed by atoms with Crippen molar-refractivity contribution in [3.05, 3.63) is 107 Å². The van der Waals surface area contributed by atoms with Gasteiger partial charge in [0.1, 0.15) is 23.0 Å². The number of Topliss-reactive ketones (excluding diaryl/α,β-unsaturated/α-hetero) is 1. The number of ketones is 1. The van der Waals surface area contributed by atoms with E-state index in [-0.39, 0.29) is 28.5 Å². The minimum absolute atomic E-state index is 0.108. The second-order valence-electron chi connectivity index (χ2n) is 13.8. The fourth-order valence-electron chi connectivity index (χ4n) is 5.29. The van der Waals surface area contributed by atoms with Crippen LogP contribution in [0.25, 0.3) is 0 Å². The average molecular weight is 703 g/mol. The highest BCUT2D eigenvalue weighted by Gasteiger charge is 2.72. The summed E-state index contributed by atoms with van der Waals surface area (Å²) in [6.45, 7) is 10.1. The highest BCUT2D eigenvalue weighted by molar-refractivity contribution is 6.05. The van der Waals surface area contributed by atoms with Gasteiger partial charge in [-0.05, 0) is 86.5 Å². The molecule has 0 aliphatic carbocycles. The van der Waals surface area contributed by atoms with E-state index in [2.05, 4.69) is 10.6 Å². The fourth-order valence-corrected chi connectivity index (χ4v) is 5.29. The van der Waals surface area contributed by atoms with Crippen LogP contribution in [0.5, 0.6) is 23.0 Å². The molecule has 0 aliphatic rings. The van der Waals surface area contributed by atoms with Crippen LogP contribution in [-0.4, -0.2) is 39.8 Å². The fraction of sp³-hybridized carbons (Fsp3) is 0.297. The number of phenols is 2. The summed E-state index contributed by atoms with van der Waals surface area (Å²) >= 11 is 0. The Hall–Kier alpha value is -5.20. The number of rotatable bonds is 8. The Morgan fingerprint density at radius 1 is 0.620 bits per heavy atom. The van der Waals surface area contributed by atoms with Crippen molar-refractivity contribution in [1.29, 1.82) is 0 Å². The molecule has 4 rings (SSSR count). The zero-order valence-electron chi connectivity index (χ0n) is 28.0. The molecule has 4 aromatic rings. The number of carbonyl (C=O) groups excluding carboxylic acids is 2. The maximum atomic E-state index is 14.9. The highest BCUT2D eigenvalue weighted by atomic mass is 19.4. The smallest absolute Gasteiger partial charge is 0.411 e. The molecule has 0 aliphatic heterocycles. The lowest BCUT2D eigenvalue weighted by Gasteiger charge is -2.39. The molecule has 7 nitrogen and oxygen atoms in total. The predicted octanol–water partition coefficient (Wildman–Crippen LogP) is 9.99. The summed E-state index contributed by atoms with van der Waals surface area (Å²) in [5.74, 6) is -2.08. The van der Waals surface area contributed by atoms with Gasteiger partial charge in [-0.3, -0.25) is 9.59 Å². The van der Waals surface area contributed by atoms with Gasteiger partial charge in [0.25, 0.3) is 5.91 Å². The summed E-state index contributed by atoms with van der Waals surface area (Å²) in [4.78, 5) is 26.0. The van der Waals surface area contributed by atoms with E-state index in [0.29, 0.717) is 35.9 Å². The number of amides is 1. The molecule has 0 saturated heterocycles. The number of aromatic hydroxyl groups is 2. The van der Waals surface area contributed by atoms with Crippen LogP contribution in [-0.2, 0) is 5.41 Å². The van der Waals surface area contributed by atoms with Crippen molar-refractivity contribution in [2.45, 2.75) is 64.8 Å². The molecule has 0 spiro atoms. The molecule has 0 saturated carbocycles. The summed E-state index contributed by atoms with van der Waals surface area (Å²) in [5, 5.41) is 25.7. The number of alkyl halides is 6. The SMILES string of the molecule is CC(C)(C)Nc1cc(C(c2ccc(O)c(NC(=O)c3cccc(Oc4cccc(C(=O)C(C)(C)C)c4)c3)c2)(C(F)(F)F)C(F)(F)F)ccc1O. The zero-order valence-corrected chi connectivity index (χ0v) is 28.0. The van der Waals surface area contributed by atoms with E-state index in [0.717, 1.165) is 6.07 Å². The summed E-state index contributed by atoms with van der Waals surface area (Å²) in [6.07, 6.45) is -12.0. The van der Waals surface area contributed by atoms with Gasteiger partial charge in [0.2, 0.25) is 5.41 Å². The first-order chi connectivity index (χ1) is 22.9. The van der Waals surface area contributed by atoms with Crippen molar-refractivity contribution >= 4 is 23.1 Å². The largest absolute Gasteiger partial charge is 0.506 e. The number of benzene rings is 4. The van der Waals surface area contributed by atoms with Crippen molar-refractivity contribution in [2.75, 3.05) is 10.6 Å². The number of hydrogen-bond donors (Lipinski definition) is 4. The van der Waals surface area contributed by atoms with Crippen LogP contribution in [0.2, 0.25) is 0 Å². The van der Waals surface area contributed by atoms with Crippen LogP contribution in [0, 0.1) is 5.41 Å². The number of halogens is 6. The Balaban J connectivity index is 1.73. The number of nitrogens with one attached hydrogen (secondary N) is 2. The molecule has 0 heterocycles. The van der Waals surface area contributed by atoms with Crippen molar-refractivity contribution < 1.29 is 50.9 Å². The van der Waals surface area contributed by atoms with Crippen molar-refractivity contribution in [1.82, 2.24) is 0 Å². The molecule has 50 heavy (non-hydrogen) atoms. The van der Waals surface area contributed by atoms with E-state index in [9.17, 15) is 46.1 Å². The summed E-state index contributed by atoms with van der Waals surface area (Å²) in [6, 6.07) is 15.2. The maximum Gasteiger partial charge on any atom is 0.411 e. The maximum absolute atomic E-state index is 14.9. The minimum Gasteiger partial charge on any atom is -0.506 e. The Kier molecular flexibility index (Phi) is 9.97. The van der Waals surface area contributed by atoms with Crippen LogP contribution in [0.15, 0.2) is 84.9 Å². The first-order valence-electron chi connectivity index (χ1n) is 15.3. The lowest BCUT2D eigenvalue weighted by atomic mass is 9.72. The number of hydrogen-bond acceptors (Lipinski definition) is 6. The molecule has 0 atom stereocenters. The predicted molar refractivity (Wildman–Crippen MR) is 177 cm³/mol. The molecule has 4 aromatic carbocycles. The first kappa shape index (κ1) is 37.6. The standard InChI is InChI=1S/C37H36F6N2O5/c1-33(2,3)31(48)21-9-7-11-25(17-21)50-26-12-8-10-22(18-26)32(49)44-27-19-23(13-15-29(27)46)35(36(38,39)40,37(41,42)43)24-14-16-30(47)28(20-24)45-34(4,5)6/h7-20,45-47H,1-6H3,(H,44,49). The monoisotopic (exact) mass is 702 g/mol. The highest BCUT2D eigenvalue weighted by Crippen LogP contribution is 2.57. The normalized spacial score (nSPS) is 12.7. The van der Waals surface area contributed by atoms with E-state index >= 15 is 0 Å². The topological polar surface area (TPSA) is 108 Å². The average Bonchev–Trinajstić information content (AvgIpc) is 2.98. The number of carbonyl (C=O) groups is 2. The van der Waals surface area contributed by atoms with Gasteiger partial charge in [0.15, 0.2) is 5.78 Å². The van der Waals surface area contributed by atoms with Gasteiger partial charge in [-0.2, -0.15) is 26.3 Å². The van der Waals surface area contributed by atoms with Crippen molar-refractivity contribution in [3.8, 4) is 23.0 Å². The Morgan fingerprint density at radius 3 is 1.56 bits per heavy atom. The van der Waals surface area contributed by atoms with Crippen LogP contribution in [0.4, 0.5) is 37.7 Å². The van der Waals surface area contributed by atoms with E-state index in [1.165, 1.54) is 30.3 Å². The molecule has 4 N–H and O–H groups in total. The molecule has 0 bridgehead atoms. The Labute approximate surface area is 284 Å². The Bertz CT molecular complexity index is 1890. The van der Waals surface area contributed by atoms with Crippen molar-refractivity contribution in [3.63, 3.8) is 0 Å². The third kappa shape index (κ3) is 7.82. The lowest BCUT2D eigenvalue weighted by molar-refractivity contribution is -0.288. The molecule has 266 valence electrons. The van der Waals surface area contributed by atoms with Gasteiger partial charge in [0, 0.05) is 22.1 Å². The number of ether oxygens (including phenoxy) is 1. The molecule has 13 heteroatoms. The molecule has 1 amide bonds. The second kappa shape index (κ2) is 13.3. The van der Waals surface area contributed by atoms with Crippen LogP contribution < -0.4 is 15.4 Å². The van der Waals surface area contributed by atoms with Crippen LogP contribution in [0.3, 0.4) is 0 Å². The van der Waals surface area contributed by atoms with Gasteiger partial charge in [-0.1, -0.05) is 51.1 Å². The van der Waals surface area contributed by atoms with Crippen LogP contribution >= 0.6 is 0 Å². The third-order valence-corrected chi connectivity index (χ3v) is 7.58. The molecular formula is C37H36F6N2O5. The van der Waals surface area contributed by atoms with Gasteiger partial charge < -0.3 is 25.6 Å².